The number of rotatable bonds is 1. The Morgan fingerprint density at radius 1 is 1.38 bits per heavy atom. The van der Waals surface area contributed by atoms with Crippen molar-refractivity contribution in [2.75, 3.05) is 13.7 Å². The fourth-order valence-corrected chi connectivity index (χ4v) is 2.84. The standard InChI is InChI=1S/C15H21NO5/c1-14(2,3)21-13(19)16-9-15(7-5-6-11(15)17)8-10(16)12(18)20-4/h5-6,10H,7-9H2,1-4H3/t10-,15?/m0/s1. The third-order valence-corrected chi connectivity index (χ3v) is 3.84. The van der Waals surface area contributed by atoms with Gasteiger partial charge in [0.2, 0.25) is 0 Å². The zero-order chi connectivity index (χ0) is 15.8. The van der Waals surface area contributed by atoms with Crippen molar-refractivity contribution < 1.29 is 23.9 Å². The van der Waals surface area contributed by atoms with Gasteiger partial charge in [-0.05, 0) is 39.7 Å². The zero-order valence-electron chi connectivity index (χ0n) is 12.8. The minimum Gasteiger partial charge on any atom is -0.467 e. The lowest BCUT2D eigenvalue weighted by atomic mass is 9.82. The molecule has 2 rings (SSSR count). The van der Waals surface area contributed by atoms with Gasteiger partial charge in [-0.25, -0.2) is 9.59 Å². The summed E-state index contributed by atoms with van der Waals surface area (Å²) in [6.45, 7) is 5.46. The second-order valence-corrected chi connectivity index (χ2v) is 6.60. The number of hydrogen-bond donors (Lipinski definition) is 0. The van der Waals surface area contributed by atoms with Crippen molar-refractivity contribution >= 4 is 17.8 Å². The van der Waals surface area contributed by atoms with Crippen LogP contribution in [0.15, 0.2) is 12.2 Å². The number of allylic oxidation sites excluding steroid dienone is 2. The average Bonchev–Trinajstić information content (AvgIpc) is 2.92. The van der Waals surface area contributed by atoms with Gasteiger partial charge in [-0.2, -0.15) is 0 Å². The molecule has 1 spiro atoms. The minimum absolute atomic E-state index is 0.0394. The molecular weight excluding hydrogens is 274 g/mol. The maximum absolute atomic E-state index is 12.3. The van der Waals surface area contributed by atoms with Gasteiger partial charge in [-0.1, -0.05) is 6.08 Å². The number of likely N-dealkylation sites (tertiary alicyclic amines) is 1. The number of methoxy groups -OCH3 is 1. The van der Waals surface area contributed by atoms with Crippen LogP contribution >= 0.6 is 0 Å². The van der Waals surface area contributed by atoms with E-state index in [1.54, 1.807) is 26.8 Å². The summed E-state index contributed by atoms with van der Waals surface area (Å²) in [5.74, 6) is -0.556. The van der Waals surface area contributed by atoms with E-state index >= 15 is 0 Å². The Hall–Kier alpha value is -1.85. The Morgan fingerprint density at radius 3 is 2.52 bits per heavy atom. The molecule has 1 amide bonds. The van der Waals surface area contributed by atoms with Crippen LogP contribution in [0, 0.1) is 5.41 Å². The molecule has 1 heterocycles. The summed E-state index contributed by atoms with van der Waals surface area (Å²) >= 11 is 0. The summed E-state index contributed by atoms with van der Waals surface area (Å²) < 4.78 is 10.1. The molecule has 1 fully saturated rings. The van der Waals surface area contributed by atoms with Crippen LogP contribution in [-0.2, 0) is 19.1 Å². The summed E-state index contributed by atoms with van der Waals surface area (Å²) in [7, 11) is 1.27. The molecule has 0 radical (unpaired) electrons. The number of carbonyl (C=O) groups excluding carboxylic acids is 3. The first-order valence-electron chi connectivity index (χ1n) is 6.97. The normalized spacial score (nSPS) is 28.3. The molecule has 116 valence electrons. The molecular formula is C15H21NO5. The van der Waals surface area contributed by atoms with Crippen LogP contribution in [0.5, 0.6) is 0 Å². The Morgan fingerprint density at radius 2 is 2.05 bits per heavy atom. The van der Waals surface area contributed by atoms with E-state index in [1.807, 2.05) is 0 Å². The van der Waals surface area contributed by atoms with Gasteiger partial charge in [0.15, 0.2) is 5.78 Å². The molecule has 6 nitrogen and oxygen atoms in total. The molecule has 1 aliphatic carbocycles. The van der Waals surface area contributed by atoms with Crippen molar-refractivity contribution in [3.8, 4) is 0 Å². The van der Waals surface area contributed by atoms with E-state index in [9.17, 15) is 14.4 Å². The van der Waals surface area contributed by atoms with Gasteiger partial charge in [0, 0.05) is 6.54 Å². The van der Waals surface area contributed by atoms with E-state index in [1.165, 1.54) is 18.1 Å². The first kappa shape index (κ1) is 15.5. The second-order valence-electron chi connectivity index (χ2n) is 6.60. The van der Waals surface area contributed by atoms with Gasteiger partial charge in [0.1, 0.15) is 11.6 Å². The number of hydrogen-bond acceptors (Lipinski definition) is 5. The Labute approximate surface area is 124 Å². The molecule has 21 heavy (non-hydrogen) atoms. The number of amides is 1. The first-order valence-corrected chi connectivity index (χ1v) is 6.97. The minimum atomic E-state index is -0.770. The van der Waals surface area contributed by atoms with Crippen LogP contribution in [0.3, 0.4) is 0 Å². The fraction of sp³-hybridized carbons (Fsp3) is 0.667. The van der Waals surface area contributed by atoms with E-state index in [0.717, 1.165) is 0 Å². The Bertz CT molecular complexity index is 505. The Balaban J connectivity index is 2.23. The van der Waals surface area contributed by atoms with Gasteiger partial charge in [-0.15, -0.1) is 0 Å². The maximum atomic E-state index is 12.3. The number of ether oxygens (including phenoxy) is 2. The molecule has 1 aliphatic heterocycles. The number of esters is 1. The number of nitrogens with zero attached hydrogens (tertiary/aromatic N) is 1. The first-order chi connectivity index (χ1) is 9.68. The van der Waals surface area contributed by atoms with E-state index in [0.29, 0.717) is 6.42 Å². The third kappa shape index (κ3) is 2.94. The van der Waals surface area contributed by atoms with E-state index in [4.69, 9.17) is 9.47 Å². The largest absolute Gasteiger partial charge is 0.467 e. The molecule has 0 aromatic heterocycles. The third-order valence-electron chi connectivity index (χ3n) is 3.84. The van der Waals surface area contributed by atoms with Crippen molar-refractivity contribution in [1.29, 1.82) is 0 Å². The maximum Gasteiger partial charge on any atom is 0.411 e. The highest BCUT2D eigenvalue weighted by molar-refractivity contribution is 5.99. The molecule has 0 aromatic carbocycles. The van der Waals surface area contributed by atoms with Crippen LogP contribution in [0.2, 0.25) is 0 Å². The predicted molar refractivity (Wildman–Crippen MR) is 74.6 cm³/mol. The zero-order valence-corrected chi connectivity index (χ0v) is 12.8. The van der Waals surface area contributed by atoms with Crippen molar-refractivity contribution in [3.05, 3.63) is 12.2 Å². The summed E-state index contributed by atoms with van der Waals surface area (Å²) in [6.07, 6.45) is 3.54. The topological polar surface area (TPSA) is 72.9 Å². The van der Waals surface area contributed by atoms with Crippen LogP contribution < -0.4 is 0 Å². The summed E-state index contributed by atoms with van der Waals surface area (Å²) in [6, 6.07) is -0.770. The quantitative estimate of drug-likeness (QED) is 0.688. The molecule has 0 saturated carbocycles. The Kier molecular flexibility index (Phi) is 3.82. The van der Waals surface area contributed by atoms with Crippen LogP contribution in [-0.4, -0.2) is 48.0 Å². The van der Waals surface area contributed by atoms with Gasteiger partial charge in [0.25, 0.3) is 0 Å². The molecule has 6 heteroatoms. The van der Waals surface area contributed by atoms with E-state index < -0.39 is 29.1 Å². The molecule has 0 bridgehead atoms. The lowest BCUT2D eigenvalue weighted by molar-refractivity contribution is -0.145. The van der Waals surface area contributed by atoms with Gasteiger partial charge >= 0.3 is 12.1 Å². The number of carbonyl (C=O) groups is 3. The van der Waals surface area contributed by atoms with E-state index in [-0.39, 0.29) is 18.7 Å². The highest BCUT2D eigenvalue weighted by atomic mass is 16.6. The molecule has 0 aromatic rings. The number of ketones is 1. The SMILES string of the molecule is COC(=O)[C@@H]1CC2(CC=CC2=O)CN1C(=O)OC(C)(C)C. The molecule has 0 N–H and O–H groups in total. The van der Waals surface area contributed by atoms with Gasteiger partial charge < -0.3 is 9.47 Å². The highest BCUT2D eigenvalue weighted by Crippen LogP contribution is 2.43. The highest BCUT2D eigenvalue weighted by Gasteiger charge is 2.54. The van der Waals surface area contributed by atoms with Crippen LogP contribution in [0.1, 0.15) is 33.6 Å². The molecule has 2 atom stereocenters. The summed E-state index contributed by atoms with van der Waals surface area (Å²) in [4.78, 5) is 37.7. The smallest absolute Gasteiger partial charge is 0.411 e. The van der Waals surface area contributed by atoms with Crippen molar-refractivity contribution in [3.63, 3.8) is 0 Å². The van der Waals surface area contributed by atoms with Gasteiger partial charge in [0.05, 0.1) is 12.5 Å². The van der Waals surface area contributed by atoms with Crippen LogP contribution in [0.4, 0.5) is 4.79 Å². The van der Waals surface area contributed by atoms with Crippen molar-refractivity contribution in [2.24, 2.45) is 5.41 Å². The fourth-order valence-electron chi connectivity index (χ4n) is 2.84. The van der Waals surface area contributed by atoms with Gasteiger partial charge in [-0.3, -0.25) is 9.69 Å². The van der Waals surface area contributed by atoms with Crippen molar-refractivity contribution in [1.82, 2.24) is 4.90 Å². The van der Waals surface area contributed by atoms with Crippen molar-refractivity contribution in [2.45, 2.75) is 45.3 Å². The molecule has 2 aliphatic rings. The second kappa shape index (κ2) is 5.16. The summed E-state index contributed by atoms with van der Waals surface area (Å²) in [5, 5.41) is 0. The lowest BCUT2D eigenvalue weighted by Crippen LogP contribution is -2.44. The molecule has 1 unspecified atom stereocenters. The summed E-state index contributed by atoms with van der Waals surface area (Å²) in [5.41, 5.74) is -1.36. The van der Waals surface area contributed by atoms with E-state index in [2.05, 4.69) is 0 Å². The molecule has 1 saturated heterocycles. The predicted octanol–water partition coefficient (Wildman–Crippen LogP) is 1.68. The monoisotopic (exact) mass is 295 g/mol. The van der Waals surface area contributed by atoms with Crippen LogP contribution in [0.25, 0.3) is 0 Å². The average molecular weight is 295 g/mol. The lowest BCUT2D eigenvalue weighted by Gasteiger charge is -2.27.